The van der Waals surface area contributed by atoms with Gasteiger partial charge < -0.3 is 0 Å². The first-order valence-corrected chi connectivity index (χ1v) is 0. The van der Waals surface area contributed by atoms with Gasteiger partial charge in [-0.2, -0.15) is 0 Å². The molecule has 3 radical (unpaired) electrons. The third kappa shape index (κ3) is 17.9. The quantitative estimate of drug-likeness (QED) is 0.344. The number of hydrogen-bond acceptors (Lipinski definition) is 0. The van der Waals surface area contributed by atoms with Crippen LogP contribution in [0.15, 0.2) is 0 Å². The molecule has 0 atom stereocenters. The van der Waals surface area contributed by atoms with Crippen molar-refractivity contribution in [1.82, 2.24) is 0 Å². The topological polar surface area (TPSA) is 0 Å². The predicted octanol–water partition coefficient (Wildman–Crippen LogP) is -0.00250. The largest absolute Gasteiger partial charge is 0 e. The first-order valence-electron chi connectivity index (χ1n) is 0. The summed E-state index contributed by atoms with van der Waals surface area (Å²) in [7, 11) is 0. The average Bonchev–Trinajstić information content (AvgIpc) is 0. The van der Waals surface area contributed by atoms with Gasteiger partial charge in [-0.05, 0) is 0 Å². The van der Waals surface area contributed by atoms with Crippen LogP contribution >= 0.6 is 0 Å². The maximum absolute atomic E-state index is 0. The minimum atomic E-state index is 0. The molecule has 5 heavy (non-hydrogen) atoms. The second-order valence-corrected chi connectivity index (χ2v) is 0. The molecule has 0 saturated carbocycles. The molecule has 0 heterocycles. The van der Waals surface area contributed by atoms with Crippen LogP contribution < -0.4 is 0 Å². The Balaban J connectivity index is 0. The van der Waals surface area contributed by atoms with Crippen LogP contribution in [0.3, 0.4) is 0 Å². The summed E-state index contributed by atoms with van der Waals surface area (Å²) < 4.78 is 0. The molecule has 0 fully saturated rings. The number of hydrogen-bond donors (Lipinski definition) is 0. The Hall–Kier alpha value is 6.38. The van der Waals surface area contributed by atoms with Gasteiger partial charge in [-0.3, -0.25) is 0 Å². The van der Waals surface area contributed by atoms with Crippen molar-refractivity contribution in [1.29, 1.82) is 0 Å². The van der Waals surface area contributed by atoms with E-state index in [1.807, 2.05) is 0 Å². The van der Waals surface area contributed by atoms with Crippen molar-refractivity contribution < 1.29 is 192 Å². The summed E-state index contributed by atoms with van der Waals surface area (Å²) in [6, 6.07) is 0. The van der Waals surface area contributed by atoms with Gasteiger partial charge in [-0.25, -0.2) is 0 Å². The Morgan fingerprint density at radius 2 is 1.00 bits per heavy atom. The molecule has 0 saturated heterocycles. The van der Waals surface area contributed by atoms with E-state index in [1.54, 1.807) is 0 Å². The molecule has 0 amide bonds. The minimum absolute atomic E-state index is 0. The van der Waals surface area contributed by atoms with Crippen LogP contribution in [0, 0.1) is 159 Å². The molecule has 0 bridgehead atoms. The maximum atomic E-state index is 0. The smallest absolute Gasteiger partial charge is 0 e. The maximum Gasteiger partial charge on any atom is 0 e. The summed E-state index contributed by atoms with van der Waals surface area (Å²) >= 11 is 0. The van der Waals surface area contributed by atoms with Gasteiger partial charge in [0.05, 0.1) is 0 Å². The van der Waals surface area contributed by atoms with E-state index < -0.39 is 0 Å². The second kappa shape index (κ2) is 22.4. The van der Waals surface area contributed by atoms with Crippen molar-refractivity contribution in [3.8, 4) is 0 Å². The monoisotopic (exact) mass is 661 g/mol. The van der Waals surface area contributed by atoms with Gasteiger partial charge in [0.15, 0.2) is 0 Å². The van der Waals surface area contributed by atoms with Crippen LogP contribution in [0.1, 0.15) is 0 Å². The molecule has 0 aromatic heterocycles. The molecular weight excluding hydrogens is 659 g/mol. The zero-order valence-corrected chi connectivity index (χ0v) is 18.6. The molecule has 0 unspecified atom stereocenters. The number of rotatable bonds is 0. The Kier molecular flexibility index (Phi) is 135. The first-order chi connectivity index (χ1) is 0. The van der Waals surface area contributed by atoms with Gasteiger partial charge in [0.1, 0.15) is 0 Å². The van der Waals surface area contributed by atoms with Gasteiger partial charge in [-0.15, -0.1) is 0 Å². The van der Waals surface area contributed by atoms with E-state index in [4.69, 9.17) is 0 Å². The molecule has 0 nitrogen and oxygen atoms in total. The van der Waals surface area contributed by atoms with Crippen molar-refractivity contribution in [3.05, 3.63) is 0 Å². The molecule has 0 aliphatic rings. The van der Waals surface area contributed by atoms with Crippen LogP contribution in [-0.4, -0.2) is 0 Å². The van der Waals surface area contributed by atoms with Crippen LogP contribution in [0.4, 0.5) is 0 Å². The molecule has 0 aromatic rings. The second-order valence-electron chi connectivity index (χ2n) is 0. The molecular formula is CeLaPrSmY. The summed E-state index contributed by atoms with van der Waals surface area (Å²) in [6.45, 7) is 0. The Morgan fingerprint density at radius 3 is 1.00 bits per heavy atom. The van der Waals surface area contributed by atoms with Crippen molar-refractivity contribution >= 4 is 0 Å². The predicted molar refractivity (Wildman–Crippen MR) is 0 cm³/mol. The van der Waals surface area contributed by atoms with Gasteiger partial charge in [0, 0.05) is 192 Å². The fourth-order valence-electron chi connectivity index (χ4n) is 0. The van der Waals surface area contributed by atoms with Crippen molar-refractivity contribution in [2.45, 2.75) is 0 Å². The van der Waals surface area contributed by atoms with E-state index >= 15 is 0 Å². The van der Waals surface area contributed by atoms with E-state index in [9.17, 15) is 0 Å². The molecule has 0 aromatic carbocycles. The zero-order chi connectivity index (χ0) is 0. The summed E-state index contributed by atoms with van der Waals surface area (Å²) in [5, 5.41) is 0. The Bertz CT molecular complexity index is 11.6. The van der Waals surface area contributed by atoms with Crippen LogP contribution in [0.25, 0.3) is 0 Å². The van der Waals surface area contributed by atoms with Crippen molar-refractivity contribution in [2.75, 3.05) is 0 Å². The van der Waals surface area contributed by atoms with E-state index in [0.717, 1.165) is 0 Å². The summed E-state index contributed by atoms with van der Waals surface area (Å²) in [5.41, 5.74) is 0. The van der Waals surface area contributed by atoms with E-state index in [2.05, 4.69) is 0 Å². The van der Waals surface area contributed by atoms with Gasteiger partial charge >= 0.3 is 0 Å². The normalized spacial score (nSPS) is 0. The molecule has 19 valence electrons. The van der Waals surface area contributed by atoms with E-state index in [-0.39, 0.29) is 192 Å². The standard InChI is InChI=1S/Ce.La.Pr.Sm.Y. The first kappa shape index (κ1) is 30.1. The zero-order valence-electron chi connectivity index (χ0n) is 2.64. The molecule has 0 spiro atoms. The Labute approximate surface area is 185 Å². The van der Waals surface area contributed by atoms with Crippen LogP contribution in [0.2, 0.25) is 0 Å². The molecule has 0 rings (SSSR count). The summed E-state index contributed by atoms with van der Waals surface area (Å²) in [6.07, 6.45) is 0. The molecule has 0 N–H and O–H groups in total. The average molecular weight is 659 g/mol. The van der Waals surface area contributed by atoms with E-state index in [0.29, 0.717) is 0 Å². The third-order valence-corrected chi connectivity index (χ3v) is 0. The fraction of sp³-hybridized carbons (Fsp3) is 0. The van der Waals surface area contributed by atoms with Gasteiger partial charge in [0.25, 0.3) is 0 Å². The Morgan fingerprint density at radius 1 is 1.00 bits per heavy atom. The SMILES string of the molecule is [Ce].[La].[Pr].[Sm].[Y]. The van der Waals surface area contributed by atoms with Crippen LogP contribution in [-0.2, 0) is 32.7 Å². The van der Waals surface area contributed by atoms with Gasteiger partial charge in [-0.1, -0.05) is 0 Å². The van der Waals surface area contributed by atoms with E-state index in [1.165, 1.54) is 0 Å². The molecule has 5 heteroatoms. The van der Waals surface area contributed by atoms with Crippen molar-refractivity contribution in [3.63, 3.8) is 0 Å². The summed E-state index contributed by atoms with van der Waals surface area (Å²) in [5.74, 6) is 0. The third-order valence-electron chi connectivity index (χ3n) is 0. The van der Waals surface area contributed by atoms with Crippen LogP contribution in [0.5, 0.6) is 0 Å². The molecule has 0 aliphatic heterocycles. The van der Waals surface area contributed by atoms with Gasteiger partial charge in [0.2, 0.25) is 0 Å². The minimum Gasteiger partial charge on any atom is 0 e. The molecule has 0 aliphatic carbocycles. The fourth-order valence-corrected chi connectivity index (χ4v) is 0. The van der Waals surface area contributed by atoms with Crippen molar-refractivity contribution in [2.24, 2.45) is 0 Å². The summed E-state index contributed by atoms with van der Waals surface area (Å²) in [4.78, 5) is 0.